The summed E-state index contributed by atoms with van der Waals surface area (Å²) in [6, 6.07) is 17.9. The van der Waals surface area contributed by atoms with Crippen molar-refractivity contribution in [1.29, 1.82) is 0 Å². The van der Waals surface area contributed by atoms with Crippen molar-refractivity contribution < 1.29 is 8.78 Å². The number of hydrogen-bond donors (Lipinski definition) is 1. The van der Waals surface area contributed by atoms with Crippen LogP contribution in [0.25, 0.3) is 0 Å². The van der Waals surface area contributed by atoms with E-state index in [-0.39, 0.29) is 30.3 Å². The molecule has 0 saturated carbocycles. The van der Waals surface area contributed by atoms with E-state index < -0.39 is 17.3 Å². The summed E-state index contributed by atoms with van der Waals surface area (Å²) in [6.07, 6.45) is 1.31. The molecule has 0 radical (unpaired) electrons. The molecule has 2 aliphatic heterocycles. The fourth-order valence-corrected chi connectivity index (χ4v) is 6.31. The van der Waals surface area contributed by atoms with Gasteiger partial charge in [0, 0.05) is 37.3 Å². The van der Waals surface area contributed by atoms with Gasteiger partial charge in [-0.25, -0.2) is 13.6 Å². The molecule has 4 aromatic rings. The number of hydrogen-bond acceptors (Lipinski definition) is 4. The number of halogens is 2. The number of benzene rings is 3. The Morgan fingerprint density at radius 3 is 2.46 bits per heavy atom. The first-order valence-electron chi connectivity index (χ1n) is 14.2. The van der Waals surface area contributed by atoms with E-state index in [4.69, 9.17) is 0 Å². The lowest BCUT2D eigenvalue weighted by atomic mass is 9.94. The Morgan fingerprint density at radius 1 is 0.902 bits per heavy atom. The Bertz CT molecular complexity index is 1720. The zero-order valence-electron chi connectivity index (χ0n) is 23.4. The third-order valence-corrected chi connectivity index (χ3v) is 8.54. The molecule has 3 aromatic carbocycles. The maximum absolute atomic E-state index is 14.7. The van der Waals surface area contributed by atoms with E-state index in [1.165, 1.54) is 49.6 Å². The summed E-state index contributed by atoms with van der Waals surface area (Å²) < 4.78 is 32.2. The summed E-state index contributed by atoms with van der Waals surface area (Å²) in [6.45, 7) is 6.40. The third-order valence-electron chi connectivity index (χ3n) is 8.54. The van der Waals surface area contributed by atoms with Gasteiger partial charge >= 0.3 is 5.69 Å². The van der Waals surface area contributed by atoms with E-state index in [0.717, 1.165) is 18.5 Å². The van der Waals surface area contributed by atoms with Crippen LogP contribution in [0, 0.1) is 25.5 Å². The largest absolute Gasteiger partial charge is 0.331 e. The van der Waals surface area contributed by atoms with Gasteiger partial charge in [-0.05, 0) is 61.2 Å². The van der Waals surface area contributed by atoms with Crippen molar-refractivity contribution in [2.75, 3.05) is 13.1 Å². The highest BCUT2D eigenvalue weighted by molar-refractivity contribution is 5.33. The fourth-order valence-electron chi connectivity index (χ4n) is 6.31. The van der Waals surface area contributed by atoms with Crippen LogP contribution in [0.1, 0.15) is 50.7 Å². The average molecular weight is 557 g/mol. The van der Waals surface area contributed by atoms with Crippen molar-refractivity contribution >= 4 is 0 Å². The van der Waals surface area contributed by atoms with E-state index in [1.807, 2.05) is 18.2 Å². The van der Waals surface area contributed by atoms with Gasteiger partial charge in [0.05, 0.1) is 24.7 Å². The summed E-state index contributed by atoms with van der Waals surface area (Å²) >= 11 is 0. The first kappa shape index (κ1) is 27.3. The number of rotatable bonds is 6. The lowest BCUT2D eigenvalue weighted by Gasteiger charge is -2.32. The first-order valence-corrected chi connectivity index (χ1v) is 14.2. The maximum atomic E-state index is 14.7. The molecule has 212 valence electrons. The Hall–Kier alpha value is -3.88. The van der Waals surface area contributed by atoms with E-state index in [2.05, 4.69) is 48.3 Å². The van der Waals surface area contributed by atoms with Gasteiger partial charge in [0.15, 0.2) is 0 Å². The summed E-state index contributed by atoms with van der Waals surface area (Å²) in [7, 11) is 0. The summed E-state index contributed by atoms with van der Waals surface area (Å²) in [4.78, 5) is 30.2. The SMILES string of the molecule is Cc1ccc(CN2CCc3c(c(=O)n(CC4NCCc5ccccc54)c(=O)n3Cc3c(F)cccc3F)C2)c(C)c1. The minimum absolute atomic E-state index is 0.138. The number of nitrogens with zero attached hydrogens (tertiary/aromatic N) is 3. The van der Waals surface area contributed by atoms with Crippen molar-refractivity contribution in [3.63, 3.8) is 0 Å². The topological polar surface area (TPSA) is 59.3 Å². The van der Waals surface area contributed by atoms with Gasteiger partial charge in [-0.3, -0.25) is 18.8 Å². The second-order valence-electron chi connectivity index (χ2n) is 11.3. The molecule has 1 aromatic heterocycles. The van der Waals surface area contributed by atoms with Gasteiger partial charge in [-0.1, -0.05) is 54.1 Å². The zero-order chi connectivity index (χ0) is 28.7. The number of aromatic nitrogens is 2. The Labute approximate surface area is 237 Å². The van der Waals surface area contributed by atoms with Gasteiger partial charge in [0.2, 0.25) is 0 Å². The molecule has 1 atom stereocenters. The molecule has 0 aliphatic carbocycles. The van der Waals surface area contributed by atoms with Crippen LogP contribution in [-0.2, 0) is 39.0 Å². The molecule has 0 bridgehead atoms. The molecule has 0 amide bonds. The monoisotopic (exact) mass is 556 g/mol. The molecule has 0 saturated heterocycles. The van der Waals surface area contributed by atoms with Gasteiger partial charge in [-0.15, -0.1) is 0 Å². The van der Waals surface area contributed by atoms with Gasteiger partial charge in [-0.2, -0.15) is 0 Å². The van der Waals surface area contributed by atoms with Crippen LogP contribution in [0.3, 0.4) is 0 Å². The minimum Gasteiger partial charge on any atom is -0.308 e. The van der Waals surface area contributed by atoms with Crippen molar-refractivity contribution in [3.05, 3.63) is 138 Å². The van der Waals surface area contributed by atoms with Gasteiger partial charge < -0.3 is 5.32 Å². The van der Waals surface area contributed by atoms with Gasteiger partial charge in [0.1, 0.15) is 11.6 Å². The van der Waals surface area contributed by atoms with Gasteiger partial charge in [0.25, 0.3) is 5.56 Å². The molecule has 2 aliphatic rings. The Kier molecular flexibility index (Phi) is 7.45. The quantitative estimate of drug-likeness (QED) is 0.383. The van der Waals surface area contributed by atoms with Crippen LogP contribution >= 0.6 is 0 Å². The molecule has 0 fully saturated rings. The van der Waals surface area contributed by atoms with Crippen LogP contribution < -0.4 is 16.6 Å². The summed E-state index contributed by atoms with van der Waals surface area (Å²) in [5.41, 5.74) is 5.85. The second kappa shape index (κ2) is 11.2. The lowest BCUT2D eigenvalue weighted by molar-refractivity contribution is 0.235. The van der Waals surface area contributed by atoms with Crippen LogP contribution in [0.4, 0.5) is 8.78 Å². The predicted octanol–water partition coefficient (Wildman–Crippen LogP) is 4.40. The molecule has 41 heavy (non-hydrogen) atoms. The highest BCUT2D eigenvalue weighted by Crippen LogP contribution is 2.25. The maximum Gasteiger partial charge on any atom is 0.331 e. The van der Waals surface area contributed by atoms with Crippen LogP contribution in [0.15, 0.2) is 70.3 Å². The summed E-state index contributed by atoms with van der Waals surface area (Å²) in [5, 5.41) is 3.46. The second-order valence-corrected chi connectivity index (χ2v) is 11.3. The molecule has 0 spiro atoms. The van der Waals surface area contributed by atoms with E-state index in [0.29, 0.717) is 37.3 Å². The van der Waals surface area contributed by atoms with Crippen molar-refractivity contribution in [2.24, 2.45) is 0 Å². The third kappa shape index (κ3) is 5.29. The number of aryl methyl sites for hydroxylation is 2. The van der Waals surface area contributed by atoms with E-state index >= 15 is 0 Å². The zero-order valence-corrected chi connectivity index (χ0v) is 23.4. The van der Waals surface area contributed by atoms with Crippen LogP contribution in [0.2, 0.25) is 0 Å². The fraction of sp³-hybridized carbons (Fsp3) is 0.333. The molecule has 6 rings (SSSR count). The molecule has 1 N–H and O–H groups in total. The first-order chi connectivity index (χ1) is 19.8. The number of fused-ring (bicyclic) bond motifs is 2. The average Bonchev–Trinajstić information content (AvgIpc) is 2.96. The van der Waals surface area contributed by atoms with Crippen molar-refractivity contribution in [1.82, 2.24) is 19.4 Å². The molecule has 8 heteroatoms. The Balaban J connectivity index is 1.42. The smallest absolute Gasteiger partial charge is 0.308 e. The van der Waals surface area contributed by atoms with Crippen LogP contribution in [0.5, 0.6) is 0 Å². The minimum atomic E-state index is -0.710. The molecular weight excluding hydrogens is 522 g/mol. The standard InChI is InChI=1S/C33H34F2N4O2/c1-21-10-11-24(22(2)16-21)17-37-15-13-31-27(18-37)32(40)39(20-30-25-7-4-3-6-23(25)12-14-36-30)33(41)38(31)19-26-28(34)8-5-9-29(26)35/h3-11,16,30,36H,12-15,17-20H2,1-2H3. The summed E-state index contributed by atoms with van der Waals surface area (Å²) in [5.74, 6) is -1.42. The highest BCUT2D eigenvalue weighted by Gasteiger charge is 2.29. The molecular formula is C33H34F2N4O2. The molecule has 6 nitrogen and oxygen atoms in total. The van der Waals surface area contributed by atoms with Crippen LogP contribution in [-0.4, -0.2) is 27.1 Å². The van der Waals surface area contributed by atoms with Crippen molar-refractivity contribution in [2.45, 2.75) is 58.9 Å². The predicted molar refractivity (Wildman–Crippen MR) is 155 cm³/mol. The Morgan fingerprint density at radius 2 is 1.68 bits per heavy atom. The molecule has 3 heterocycles. The van der Waals surface area contributed by atoms with Crippen molar-refractivity contribution in [3.8, 4) is 0 Å². The normalized spacial score (nSPS) is 16.8. The highest BCUT2D eigenvalue weighted by atomic mass is 19.1. The molecule has 1 unspecified atom stereocenters. The number of nitrogens with one attached hydrogen (secondary N) is 1. The lowest BCUT2D eigenvalue weighted by Crippen LogP contribution is -2.49. The van der Waals surface area contributed by atoms with E-state index in [9.17, 15) is 18.4 Å². The van der Waals surface area contributed by atoms with E-state index in [1.54, 1.807) is 0 Å².